The van der Waals surface area contributed by atoms with E-state index in [1.54, 1.807) is 50.4 Å². The molecule has 0 aliphatic heterocycles. The van der Waals surface area contributed by atoms with E-state index in [9.17, 15) is 13.5 Å². The van der Waals surface area contributed by atoms with Crippen molar-refractivity contribution in [1.29, 1.82) is 0 Å². The number of aromatic nitrogens is 4. The number of pyridine rings is 1. The summed E-state index contributed by atoms with van der Waals surface area (Å²) in [5.41, 5.74) is 0.895. The van der Waals surface area contributed by atoms with Gasteiger partial charge in [-0.05, 0) is 50.2 Å². The van der Waals surface area contributed by atoms with Crippen molar-refractivity contribution in [2.24, 2.45) is 0 Å². The Hall–Kier alpha value is -3.21. The molecule has 2 heterocycles. The van der Waals surface area contributed by atoms with Crippen molar-refractivity contribution < 1.29 is 18.3 Å². The molecule has 0 fully saturated rings. The van der Waals surface area contributed by atoms with E-state index >= 15 is 0 Å². The highest BCUT2D eigenvalue weighted by Crippen LogP contribution is 2.33. The predicted molar refractivity (Wildman–Crippen MR) is 121 cm³/mol. The number of halogens is 1. The van der Waals surface area contributed by atoms with Crippen LogP contribution in [0.25, 0.3) is 16.9 Å². The van der Waals surface area contributed by atoms with Gasteiger partial charge in [0.05, 0.1) is 29.0 Å². The molecule has 0 amide bonds. The zero-order chi connectivity index (χ0) is 23.1. The van der Waals surface area contributed by atoms with E-state index in [0.29, 0.717) is 27.4 Å². The Morgan fingerprint density at radius 2 is 1.94 bits per heavy atom. The Morgan fingerprint density at radius 3 is 2.66 bits per heavy atom. The minimum absolute atomic E-state index is 0.0339. The van der Waals surface area contributed by atoms with Crippen LogP contribution in [-0.4, -0.2) is 40.6 Å². The molecule has 0 atom stereocenters. The van der Waals surface area contributed by atoms with Crippen molar-refractivity contribution in [1.82, 2.24) is 20.0 Å². The van der Waals surface area contributed by atoms with E-state index in [4.69, 9.17) is 16.3 Å². The normalized spacial score (nSPS) is 12.2. The molecule has 0 saturated heterocycles. The summed E-state index contributed by atoms with van der Waals surface area (Å²) < 4.78 is 35.7. The number of benzene rings is 2. The van der Waals surface area contributed by atoms with Crippen molar-refractivity contribution >= 4 is 38.5 Å². The van der Waals surface area contributed by atoms with Crippen molar-refractivity contribution in [3.8, 4) is 11.4 Å². The van der Waals surface area contributed by atoms with Gasteiger partial charge in [0.25, 0.3) is 10.0 Å². The molecule has 166 valence electrons. The second kappa shape index (κ2) is 8.05. The van der Waals surface area contributed by atoms with E-state index in [2.05, 4.69) is 20.0 Å². The zero-order valence-corrected chi connectivity index (χ0v) is 19.0. The highest BCUT2D eigenvalue weighted by atomic mass is 35.5. The average molecular weight is 474 g/mol. The van der Waals surface area contributed by atoms with Crippen LogP contribution in [0.5, 0.6) is 5.75 Å². The van der Waals surface area contributed by atoms with Crippen molar-refractivity contribution in [3.05, 3.63) is 65.3 Å². The number of methoxy groups -OCH3 is 1. The van der Waals surface area contributed by atoms with Crippen LogP contribution in [0.3, 0.4) is 0 Å². The number of anilines is 1. The molecule has 2 N–H and O–H groups in total. The van der Waals surface area contributed by atoms with E-state index in [0.717, 1.165) is 0 Å². The number of rotatable bonds is 6. The second-order valence-corrected chi connectivity index (χ2v) is 9.65. The topological polar surface area (TPSA) is 119 Å². The smallest absolute Gasteiger partial charge is 0.262 e. The molecule has 4 aromatic rings. The summed E-state index contributed by atoms with van der Waals surface area (Å²) in [5.74, 6) is 0.255. The fraction of sp³-hybridized carbons (Fsp3) is 0.190. The van der Waals surface area contributed by atoms with Crippen LogP contribution in [0.1, 0.15) is 19.4 Å². The maximum atomic E-state index is 13.2. The lowest BCUT2D eigenvalue weighted by Crippen LogP contribution is -2.19. The molecule has 0 aliphatic rings. The Bertz CT molecular complexity index is 1410. The Kier molecular flexibility index (Phi) is 5.53. The number of nitrogens with one attached hydrogen (secondary N) is 1. The van der Waals surface area contributed by atoms with Crippen molar-refractivity contribution in [2.75, 3.05) is 11.8 Å². The van der Waals surface area contributed by atoms with Crippen LogP contribution in [0.15, 0.2) is 59.6 Å². The van der Waals surface area contributed by atoms with Gasteiger partial charge in [0.2, 0.25) is 5.65 Å². The fourth-order valence-electron chi connectivity index (χ4n) is 3.26. The minimum atomic E-state index is -4.02. The van der Waals surface area contributed by atoms with Gasteiger partial charge in [0, 0.05) is 22.8 Å². The van der Waals surface area contributed by atoms with Crippen molar-refractivity contribution in [2.45, 2.75) is 24.3 Å². The van der Waals surface area contributed by atoms with Crippen LogP contribution in [0, 0.1) is 0 Å². The quantitative estimate of drug-likeness (QED) is 0.439. The van der Waals surface area contributed by atoms with Gasteiger partial charge in [-0.15, -0.1) is 5.10 Å². The first-order chi connectivity index (χ1) is 15.1. The van der Waals surface area contributed by atoms with E-state index in [-0.39, 0.29) is 16.3 Å². The average Bonchev–Trinajstić information content (AvgIpc) is 3.18. The largest absolute Gasteiger partial charge is 0.496 e. The molecule has 0 bridgehead atoms. The summed E-state index contributed by atoms with van der Waals surface area (Å²) in [6.45, 7) is 3.18. The van der Waals surface area contributed by atoms with Gasteiger partial charge in [-0.2, -0.15) is 0 Å². The first-order valence-electron chi connectivity index (χ1n) is 9.50. The molecule has 4 rings (SSSR count). The zero-order valence-electron chi connectivity index (χ0n) is 17.4. The molecular weight excluding hydrogens is 454 g/mol. The second-order valence-electron chi connectivity index (χ2n) is 7.54. The van der Waals surface area contributed by atoms with Gasteiger partial charge in [-0.1, -0.05) is 22.9 Å². The summed E-state index contributed by atoms with van der Waals surface area (Å²) in [6, 6.07) is 12.5. The Labute approximate surface area is 189 Å². The van der Waals surface area contributed by atoms with Crippen LogP contribution in [-0.2, 0) is 15.6 Å². The molecule has 11 heteroatoms. The standard InChI is InChI=1S/C21H20ClN5O4S/c1-21(2,28)15-8-7-14(12-19(15)31-3)32(29,30)25-16-9-6-13(22)11-18(16)27-17-5-4-10-23-20(17)24-26-27/h4-12,25,28H,1-3H3. The third-order valence-electron chi connectivity index (χ3n) is 4.80. The molecule has 0 spiro atoms. The van der Waals surface area contributed by atoms with Gasteiger partial charge in [0.15, 0.2) is 0 Å². The lowest BCUT2D eigenvalue weighted by atomic mass is 9.97. The molecule has 2 aromatic heterocycles. The first-order valence-corrected chi connectivity index (χ1v) is 11.4. The fourth-order valence-corrected chi connectivity index (χ4v) is 4.51. The summed E-state index contributed by atoms with van der Waals surface area (Å²) in [5, 5.41) is 18.8. The number of ether oxygens (including phenoxy) is 1. The lowest BCUT2D eigenvalue weighted by molar-refractivity contribution is 0.0755. The van der Waals surface area contributed by atoms with Gasteiger partial charge >= 0.3 is 0 Å². The molecule has 0 saturated carbocycles. The summed E-state index contributed by atoms with van der Waals surface area (Å²) in [7, 11) is -2.61. The highest BCUT2D eigenvalue weighted by Gasteiger charge is 2.25. The minimum Gasteiger partial charge on any atom is -0.496 e. The van der Waals surface area contributed by atoms with Crippen LogP contribution in [0.2, 0.25) is 5.02 Å². The maximum Gasteiger partial charge on any atom is 0.262 e. The van der Waals surface area contributed by atoms with Crippen molar-refractivity contribution in [3.63, 3.8) is 0 Å². The van der Waals surface area contributed by atoms with Crippen LogP contribution < -0.4 is 9.46 Å². The SMILES string of the molecule is COc1cc(S(=O)(=O)Nc2ccc(Cl)cc2-n2nnc3ncccc32)ccc1C(C)(C)O. The lowest BCUT2D eigenvalue weighted by Gasteiger charge is -2.21. The maximum absolute atomic E-state index is 13.2. The number of nitrogens with zero attached hydrogens (tertiary/aromatic N) is 4. The van der Waals surface area contributed by atoms with Gasteiger partial charge in [0.1, 0.15) is 11.3 Å². The molecular formula is C21H20ClN5O4S. The number of fused-ring (bicyclic) bond motifs is 1. The molecule has 0 radical (unpaired) electrons. The molecule has 32 heavy (non-hydrogen) atoms. The molecule has 9 nitrogen and oxygen atoms in total. The van der Waals surface area contributed by atoms with E-state index in [1.807, 2.05) is 0 Å². The highest BCUT2D eigenvalue weighted by molar-refractivity contribution is 7.92. The summed E-state index contributed by atoms with van der Waals surface area (Å²) in [4.78, 5) is 4.11. The third kappa shape index (κ3) is 4.12. The Morgan fingerprint density at radius 1 is 1.16 bits per heavy atom. The molecule has 0 aliphatic carbocycles. The first kappa shape index (κ1) is 22.0. The molecule has 2 aromatic carbocycles. The Balaban J connectivity index is 1.78. The van der Waals surface area contributed by atoms with Gasteiger partial charge < -0.3 is 9.84 Å². The number of hydrogen-bond donors (Lipinski definition) is 2. The molecule has 0 unspecified atom stereocenters. The van der Waals surface area contributed by atoms with Crippen LogP contribution >= 0.6 is 11.6 Å². The number of aliphatic hydroxyl groups is 1. The van der Waals surface area contributed by atoms with E-state index < -0.39 is 15.6 Å². The van der Waals surface area contributed by atoms with Crippen LogP contribution in [0.4, 0.5) is 5.69 Å². The number of sulfonamides is 1. The number of hydrogen-bond acceptors (Lipinski definition) is 7. The van der Waals surface area contributed by atoms with Gasteiger partial charge in [-0.3, -0.25) is 4.72 Å². The summed E-state index contributed by atoms with van der Waals surface area (Å²) in [6.07, 6.45) is 1.59. The summed E-state index contributed by atoms with van der Waals surface area (Å²) >= 11 is 6.18. The monoisotopic (exact) mass is 473 g/mol. The predicted octanol–water partition coefficient (Wildman–Crippen LogP) is 3.51. The van der Waals surface area contributed by atoms with Gasteiger partial charge in [-0.25, -0.2) is 18.1 Å². The van der Waals surface area contributed by atoms with E-state index in [1.165, 1.54) is 30.0 Å². The third-order valence-corrected chi connectivity index (χ3v) is 6.40.